The molecule has 4 nitrogen and oxygen atoms in total. The lowest BCUT2D eigenvalue weighted by Crippen LogP contribution is -2.24. The average Bonchev–Trinajstić information content (AvgIpc) is 2.70. The van der Waals surface area contributed by atoms with E-state index in [2.05, 4.69) is 0 Å². The number of fused-ring (bicyclic) bond motifs is 2. The summed E-state index contributed by atoms with van der Waals surface area (Å²) in [6, 6.07) is 19.0. The molecule has 132 valence electrons. The zero-order valence-electron chi connectivity index (χ0n) is 14.7. The summed E-state index contributed by atoms with van der Waals surface area (Å²) in [5.41, 5.74) is 3.08. The van der Waals surface area contributed by atoms with Crippen molar-refractivity contribution in [2.75, 3.05) is 0 Å². The van der Waals surface area contributed by atoms with Crippen molar-refractivity contribution in [2.24, 2.45) is 0 Å². The van der Waals surface area contributed by atoms with Crippen LogP contribution in [0, 0.1) is 6.92 Å². The lowest BCUT2D eigenvalue weighted by Gasteiger charge is -2.19. The summed E-state index contributed by atoms with van der Waals surface area (Å²) in [4.78, 5) is 38.3. The Hall–Kier alpha value is -3.53. The van der Waals surface area contributed by atoms with Gasteiger partial charge in [0.1, 0.15) is 6.61 Å². The molecule has 0 aromatic heterocycles. The van der Waals surface area contributed by atoms with Crippen LogP contribution in [0.3, 0.4) is 0 Å². The normalized spacial score (nSPS) is 12.3. The number of ether oxygens (including phenoxy) is 1. The van der Waals surface area contributed by atoms with Crippen LogP contribution in [-0.4, -0.2) is 17.5 Å². The van der Waals surface area contributed by atoms with E-state index in [4.69, 9.17) is 4.74 Å². The summed E-state index contributed by atoms with van der Waals surface area (Å²) in [7, 11) is 0. The van der Waals surface area contributed by atoms with Crippen molar-refractivity contribution in [3.8, 4) is 0 Å². The number of carbonyl (C=O) groups is 3. The van der Waals surface area contributed by atoms with E-state index in [1.165, 1.54) is 6.07 Å². The molecule has 0 saturated heterocycles. The van der Waals surface area contributed by atoms with E-state index in [0.717, 1.165) is 11.1 Å². The van der Waals surface area contributed by atoms with E-state index in [1.807, 2.05) is 31.2 Å². The van der Waals surface area contributed by atoms with E-state index >= 15 is 0 Å². The maximum atomic E-state index is 12.9. The fourth-order valence-corrected chi connectivity index (χ4v) is 3.34. The molecule has 27 heavy (non-hydrogen) atoms. The van der Waals surface area contributed by atoms with Gasteiger partial charge >= 0.3 is 5.97 Å². The van der Waals surface area contributed by atoms with Crippen molar-refractivity contribution in [3.05, 3.63) is 106 Å². The SMILES string of the molecule is Cc1cccc(COC(=O)c2cccc3c2C(=O)c2ccccc2C3=O)c1. The van der Waals surface area contributed by atoms with Gasteiger partial charge in [-0.1, -0.05) is 66.2 Å². The van der Waals surface area contributed by atoms with Crippen molar-refractivity contribution in [3.63, 3.8) is 0 Å². The molecule has 0 fully saturated rings. The van der Waals surface area contributed by atoms with Gasteiger partial charge in [0.2, 0.25) is 0 Å². The lowest BCUT2D eigenvalue weighted by atomic mass is 9.82. The van der Waals surface area contributed by atoms with Crippen LogP contribution in [0.5, 0.6) is 0 Å². The van der Waals surface area contributed by atoms with Crippen LogP contribution in [0.25, 0.3) is 0 Å². The third kappa shape index (κ3) is 2.95. The molecular weight excluding hydrogens is 340 g/mol. The second-order valence-electron chi connectivity index (χ2n) is 6.50. The first kappa shape index (κ1) is 16.9. The molecule has 3 aromatic carbocycles. The van der Waals surface area contributed by atoms with Gasteiger partial charge in [-0.25, -0.2) is 4.79 Å². The monoisotopic (exact) mass is 356 g/mol. The average molecular weight is 356 g/mol. The smallest absolute Gasteiger partial charge is 0.339 e. The van der Waals surface area contributed by atoms with Gasteiger partial charge in [0.05, 0.1) is 5.56 Å². The van der Waals surface area contributed by atoms with Crippen molar-refractivity contribution in [2.45, 2.75) is 13.5 Å². The number of ketones is 2. The highest BCUT2D eigenvalue weighted by molar-refractivity contribution is 6.30. The van der Waals surface area contributed by atoms with E-state index in [9.17, 15) is 14.4 Å². The second-order valence-corrected chi connectivity index (χ2v) is 6.50. The molecule has 0 heterocycles. The van der Waals surface area contributed by atoms with Crippen LogP contribution >= 0.6 is 0 Å². The summed E-state index contributed by atoms with van der Waals surface area (Å²) < 4.78 is 5.40. The molecule has 4 rings (SSSR count). The van der Waals surface area contributed by atoms with Crippen LogP contribution in [0.4, 0.5) is 0 Å². The molecule has 0 N–H and O–H groups in total. The van der Waals surface area contributed by atoms with Crippen LogP contribution < -0.4 is 0 Å². The quantitative estimate of drug-likeness (QED) is 0.518. The van der Waals surface area contributed by atoms with Gasteiger partial charge in [0.25, 0.3) is 0 Å². The van der Waals surface area contributed by atoms with Gasteiger partial charge in [0, 0.05) is 22.3 Å². The first-order valence-electron chi connectivity index (χ1n) is 8.60. The van der Waals surface area contributed by atoms with Gasteiger partial charge in [-0.3, -0.25) is 9.59 Å². The predicted octanol–water partition coefficient (Wildman–Crippen LogP) is 4.13. The number of carbonyl (C=O) groups excluding carboxylic acids is 3. The molecule has 0 aliphatic heterocycles. The maximum absolute atomic E-state index is 12.9. The fourth-order valence-electron chi connectivity index (χ4n) is 3.34. The minimum atomic E-state index is -0.617. The molecule has 1 aliphatic carbocycles. The topological polar surface area (TPSA) is 60.4 Å². The number of rotatable bonds is 3. The minimum Gasteiger partial charge on any atom is -0.457 e. The number of esters is 1. The van der Waals surface area contributed by atoms with E-state index in [1.54, 1.807) is 36.4 Å². The molecule has 0 radical (unpaired) electrons. The third-order valence-electron chi connectivity index (χ3n) is 4.62. The molecule has 0 atom stereocenters. The third-order valence-corrected chi connectivity index (χ3v) is 4.62. The molecule has 0 spiro atoms. The van der Waals surface area contributed by atoms with Gasteiger partial charge in [0.15, 0.2) is 11.6 Å². The van der Waals surface area contributed by atoms with Crippen molar-refractivity contribution in [1.29, 1.82) is 0 Å². The Morgan fingerprint density at radius 1 is 0.815 bits per heavy atom. The van der Waals surface area contributed by atoms with Crippen molar-refractivity contribution < 1.29 is 19.1 Å². The highest BCUT2D eigenvalue weighted by Gasteiger charge is 2.33. The van der Waals surface area contributed by atoms with Crippen LogP contribution in [0.2, 0.25) is 0 Å². The number of benzene rings is 3. The highest BCUT2D eigenvalue weighted by atomic mass is 16.5. The Kier molecular flexibility index (Phi) is 4.16. The van der Waals surface area contributed by atoms with E-state index in [-0.39, 0.29) is 34.9 Å². The molecule has 1 aliphatic rings. The largest absolute Gasteiger partial charge is 0.457 e. The van der Waals surface area contributed by atoms with E-state index < -0.39 is 5.97 Å². The molecule has 0 unspecified atom stereocenters. The second kappa shape index (κ2) is 6.65. The summed E-state index contributed by atoms with van der Waals surface area (Å²) in [5.74, 6) is -1.20. The molecular formula is C23H16O4. The van der Waals surface area contributed by atoms with Crippen LogP contribution in [0.15, 0.2) is 66.7 Å². The first-order valence-corrected chi connectivity index (χ1v) is 8.60. The Morgan fingerprint density at radius 2 is 1.48 bits per heavy atom. The Morgan fingerprint density at radius 3 is 2.22 bits per heavy atom. The molecule has 0 saturated carbocycles. The van der Waals surface area contributed by atoms with E-state index in [0.29, 0.717) is 11.1 Å². The fraction of sp³-hybridized carbons (Fsp3) is 0.0870. The molecule has 0 amide bonds. The highest BCUT2D eigenvalue weighted by Crippen LogP contribution is 2.29. The Balaban J connectivity index is 1.68. The molecule has 0 bridgehead atoms. The van der Waals surface area contributed by atoms with Crippen molar-refractivity contribution >= 4 is 17.5 Å². The van der Waals surface area contributed by atoms with Crippen LogP contribution in [0.1, 0.15) is 53.3 Å². The van der Waals surface area contributed by atoms with Gasteiger partial charge in [-0.15, -0.1) is 0 Å². The minimum absolute atomic E-state index is 0.100. The number of hydrogen-bond acceptors (Lipinski definition) is 4. The van der Waals surface area contributed by atoms with Gasteiger partial charge in [-0.05, 0) is 18.6 Å². The predicted molar refractivity (Wildman–Crippen MR) is 100 cm³/mol. The lowest BCUT2D eigenvalue weighted by molar-refractivity contribution is 0.0470. The summed E-state index contributed by atoms with van der Waals surface area (Å²) >= 11 is 0. The maximum Gasteiger partial charge on any atom is 0.339 e. The summed E-state index contributed by atoms with van der Waals surface area (Å²) in [6.07, 6.45) is 0. The van der Waals surface area contributed by atoms with Crippen LogP contribution in [-0.2, 0) is 11.3 Å². The Bertz CT molecular complexity index is 1100. The standard InChI is InChI=1S/C23H16O4/c1-14-6-4-7-15(12-14)13-27-23(26)19-11-5-10-18-20(19)22(25)17-9-3-2-8-16(17)21(18)24/h2-12H,13H2,1H3. The summed E-state index contributed by atoms with van der Waals surface area (Å²) in [6.45, 7) is 2.06. The van der Waals surface area contributed by atoms with Crippen molar-refractivity contribution in [1.82, 2.24) is 0 Å². The molecule has 4 heteroatoms. The van der Waals surface area contributed by atoms with Gasteiger partial charge < -0.3 is 4.74 Å². The Labute approximate surface area is 156 Å². The zero-order chi connectivity index (χ0) is 19.0. The number of hydrogen-bond donors (Lipinski definition) is 0. The zero-order valence-corrected chi connectivity index (χ0v) is 14.7. The first-order chi connectivity index (χ1) is 13.1. The number of aryl methyl sites for hydroxylation is 1. The molecule has 3 aromatic rings. The van der Waals surface area contributed by atoms with Gasteiger partial charge in [-0.2, -0.15) is 0 Å². The summed E-state index contributed by atoms with van der Waals surface area (Å²) in [5, 5.41) is 0.